The molecule has 0 bridgehead atoms. The van der Waals surface area contributed by atoms with E-state index in [0.717, 1.165) is 19.6 Å². The first-order valence-corrected chi connectivity index (χ1v) is 6.92. The summed E-state index contributed by atoms with van der Waals surface area (Å²) in [5, 5.41) is 7.49. The van der Waals surface area contributed by atoms with E-state index in [0.29, 0.717) is 17.8 Å². The third kappa shape index (κ3) is 3.05. The van der Waals surface area contributed by atoms with Gasteiger partial charge in [0.25, 0.3) is 5.95 Å². The van der Waals surface area contributed by atoms with E-state index >= 15 is 0 Å². The zero-order valence-corrected chi connectivity index (χ0v) is 12.0. The molecule has 1 aliphatic heterocycles. The van der Waals surface area contributed by atoms with Crippen molar-refractivity contribution >= 4 is 17.5 Å². The smallest absolute Gasteiger partial charge is 0.256 e. The lowest BCUT2D eigenvalue weighted by Crippen LogP contribution is -2.20. The van der Waals surface area contributed by atoms with Gasteiger partial charge in [0.05, 0.1) is 0 Å². The van der Waals surface area contributed by atoms with E-state index in [-0.39, 0.29) is 5.28 Å². The molecule has 0 aromatic carbocycles. The van der Waals surface area contributed by atoms with Crippen LogP contribution >= 0.6 is 11.6 Å². The molecule has 1 aliphatic rings. The van der Waals surface area contributed by atoms with Crippen molar-refractivity contribution in [2.24, 2.45) is 5.92 Å². The average molecular weight is 294 g/mol. The van der Waals surface area contributed by atoms with Crippen molar-refractivity contribution in [3.8, 4) is 5.95 Å². The van der Waals surface area contributed by atoms with Crippen molar-refractivity contribution in [2.75, 3.05) is 32.0 Å². The third-order valence-electron chi connectivity index (χ3n) is 3.34. The molecule has 0 spiro atoms. The highest BCUT2D eigenvalue weighted by molar-refractivity contribution is 6.28. The summed E-state index contributed by atoms with van der Waals surface area (Å²) < 4.78 is 1.56. The summed E-state index contributed by atoms with van der Waals surface area (Å²) in [5.41, 5.74) is 0. The van der Waals surface area contributed by atoms with Gasteiger partial charge in [-0.25, -0.2) is 4.68 Å². The molecule has 7 nitrogen and oxygen atoms in total. The molecule has 0 saturated carbocycles. The fourth-order valence-corrected chi connectivity index (χ4v) is 2.49. The van der Waals surface area contributed by atoms with Crippen molar-refractivity contribution in [1.82, 2.24) is 29.6 Å². The molecular weight excluding hydrogens is 278 g/mol. The minimum Gasteiger partial charge on any atom is -0.354 e. The molecule has 1 unspecified atom stereocenters. The monoisotopic (exact) mass is 293 g/mol. The summed E-state index contributed by atoms with van der Waals surface area (Å²) in [7, 11) is 2.13. The number of hydrogen-bond donors (Lipinski definition) is 1. The third-order valence-corrected chi connectivity index (χ3v) is 3.51. The number of anilines is 1. The highest BCUT2D eigenvalue weighted by Crippen LogP contribution is 2.15. The molecule has 1 saturated heterocycles. The van der Waals surface area contributed by atoms with Gasteiger partial charge in [0.15, 0.2) is 0 Å². The normalized spacial score (nSPS) is 19.4. The first-order chi connectivity index (χ1) is 9.70. The second-order valence-electron chi connectivity index (χ2n) is 4.98. The Morgan fingerprint density at radius 3 is 3.00 bits per heavy atom. The number of hydrogen-bond acceptors (Lipinski definition) is 6. The van der Waals surface area contributed by atoms with E-state index in [4.69, 9.17) is 11.6 Å². The number of rotatable bonds is 4. The SMILES string of the molecule is CN1CCC(CNc2nc(Cl)nc(-n3cccn3)n2)C1. The fourth-order valence-electron chi connectivity index (χ4n) is 2.34. The Morgan fingerprint density at radius 1 is 1.40 bits per heavy atom. The minimum atomic E-state index is 0.163. The van der Waals surface area contributed by atoms with Gasteiger partial charge in [0.1, 0.15) is 0 Å². The van der Waals surface area contributed by atoms with Crippen LogP contribution in [0.1, 0.15) is 6.42 Å². The van der Waals surface area contributed by atoms with Gasteiger partial charge in [0, 0.05) is 25.5 Å². The molecular formula is C12H16ClN7. The second-order valence-corrected chi connectivity index (χ2v) is 5.31. The molecule has 1 atom stereocenters. The molecule has 1 fully saturated rings. The van der Waals surface area contributed by atoms with Gasteiger partial charge in [-0.1, -0.05) is 0 Å². The molecule has 0 aliphatic carbocycles. The van der Waals surface area contributed by atoms with Gasteiger partial charge < -0.3 is 10.2 Å². The van der Waals surface area contributed by atoms with Crippen LogP contribution in [0.25, 0.3) is 5.95 Å². The van der Waals surface area contributed by atoms with Gasteiger partial charge >= 0.3 is 0 Å². The fraction of sp³-hybridized carbons (Fsp3) is 0.500. The predicted octanol–water partition coefficient (Wildman–Crippen LogP) is 1.07. The Balaban J connectivity index is 1.70. The zero-order valence-electron chi connectivity index (χ0n) is 11.2. The highest BCUT2D eigenvalue weighted by Gasteiger charge is 2.19. The van der Waals surface area contributed by atoms with E-state index < -0.39 is 0 Å². The molecule has 2 aromatic heterocycles. The summed E-state index contributed by atoms with van der Waals surface area (Å²) in [6, 6.07) is 1.80. The van der Waals surface area contributed by atoms with Crippen LogP contribution in [0.5, 0.6) is 0 Å². The van der Waals surface area contributed by atoms with Crippen LogP contribution < -0.4 is 5.32 Å². The number of likely N-dealkylation sites (tertiary alicyclic amines) is 1. The van der Waals surface area contributed by atoms with Gasteiger partial charge in [-0.2, -0.15) is 20.1 Å². The predicted molar refractivity (Wildman–Crippen MR) is 76.1 cm³/mol. The summed E-state index contributed by atoms with van der Waals surface area (Å²) in [6.07, 6.45) is 4.62. The van der Waals surface area contributed by atoms with E-state index in [2.05, 4.69) is 37.3 Å². The Hall–Kier alpha value is -1.73. The first kappa shape index (κ1) is 13.3. The molecule has 8 heteroatoms. The first-order valence-electron chi connectivity index (χ1n) is 6.55. The number of nitrogens with one attached hydrogen (secondary N) is 1. The van der Waals surface area contributed by atoms with Crippen LogP contribution in [0, 0.1) is 5.92 Å². The zero-order chi connectivity index (χ0) is 13.9. The largest absolute Gasteiger partial charge is 0.354 e. The molecule has 1 N–H and O–H groups in total. The number of nitrogens with zero attached hydrogens (tertiary/aromatic N) is 6. The van der Waals surface area contributed by atoms with Crippen LogP contribution in [0.2, 0.25) is 5.28 Å². The summed E-state index contributed by atoms with van der Waals surface area (Å²) in [5.74, 6) is 1.52. The Bertz CT molecular complexity index is 571. The van der Waals surface area contributed by atoms with Crippen molar-refractivity contribution < 1.29 is 0 Å². The lowest BCUT2D eigenvalue weighted by atomic mass is 10.1. The van der Waals surface area contributed by atoms with Crippen molar-refractivity contribution in [1.29, 1.82) is 0 Å². The Morgan fingerprint density at radius 2 is 2.30 bits per heavy atom. The molecule has 20 heavy (non-hydrogen) atoms. The van der Waals surface area contributed by atoms with Crippen molar-refractivity contribution in [2.45, 2.75) is 6.42 Å². The van der Waals surface area contributed by atoms with E-state index in [1.165, 1.54) is 6.42 Å². The molecule has 3 rings (SSSR count). The maximum atomic E-state index is 5.93. The quantitative estimate of drug-likeness (QED) is 0.909. The molecule has 3 heterocycles. The Kier molecular flexibility index (Phi) is 3.79. The van der Waals surface area contributed by atoms with Crippen LogP contribution in [-0.2, 0) is 0 Å². The highest BCUT2D eigenvalue weighted by atomic mass is 35.5. The standard InChI is InChI=1S/C12H16ClN7/c1-19-6-3-9(8-19)7-14-11-16-10(13)17-12(18-11)20-5-2-4-15-20/h2,4-5,9H,3,6-8H2,1H3,(H,14,16,17,18). The average Bonchev–Trinajstić information content (AvgIpc) is 3.07. The minimum absolute atomic E-state index is 0.163. The van der Waals surface area contributed by atoms with E-state index in [9.17, 15) is 0 Å². The maximum absolute atomic E-state index is 5.93. The molecule has 106 valence electrons. The van der Waals surface area contributed by atoms with Crippen LogP contribution in [0.4, 0.5) is 5.95 Å². The number of halogens is 1. The second kappa shape index (κ2) is 5.72. The van der Waals surface area contributed by atoms with E-state index in [1.54, 1.807) is 23.1 Å². The van der Waals surface area contributed by atoms with Gasteiger partial charge in [-0.15, -0.1) is 0 Å². The van der Waals surface area contributed by atoms with Crippen LogP contribution in [0.15, 0.2) is 18.5 Å². The van der Waals surface area contributed by atoms with Gasteiger partial charge in [0.2, 0.25) is 11.2 Å². The van der Waals surface area contributed by atoms with Gasteiger partial charge in [-0.05, 0) is 43.6 Å². The molecule has 2 aromatic rings. The van der Waals surface area contributed by atoms with Crippen LogP contribution in [0.3, 0.4) is 0 Å². The van der Waals surface area contributed by atoms with E-state index in [1.807, 2.05) is 0 Å². The summed E-state index contributed by atoms with van der Waals surface area (Å²) >= 11 is 5.93. The number of aromatic nitrogens is 5. The topological polar surface area (TPSA) is 71.8 Å². The van der Waals surface area contributed by atoms with Crippen LogP contribution in [-0.4, -0.2) is 56.3 Å². The molecule has 0 amide bonds. The maximum Gasteiger partial charge on any atom is 0.256 e. The van der Waals surface area contributed by atoms with Crippen molar-refractivity contribution in [3.63, 3.8) is 0 Å². The van der Waals surface area contributed by atoms with Crippen molar-refractivity contribution in [3.05, 3.63) is 23.7 Å². The lowest BCUT2D eigenvalue weighted by Gasteiger charge is -2.12. The molecule has 0 radical (unpaired) electrons. The van der Waals surface area contributed by atoms with Gasteiger partial charge in [-0.3, -0.25) is 0 Å². The summed E-state index contributed by atoms with van der Waals surface area (Å²) in [4.78, 5) is 14.8. The summed E-state index contributed by atoms with van der Waals surface area (Å²) in [6.45, 7) is 3.07. The Labute approximate surface area is 122 Å². The lowest BCUT2D eigenvalue weighted by molar-refractivity contribution is 0.399.